The van der Waals surface area contributed by atoms with Gasteiger partial charge in [0.15, 0.2) is 0 Å². The van der Waals surface area contributed by atoms with E-state index in [4.69, 9.17) is 5.73 Å². The lowest BCUT2D eigenvalue weighted by Crippen LogP contribution is -2.00. The van der Waals surface area contributed by atoms with Crippen molar-refractivity contribution in [2.24, 2.45) is 5.73 Å². The van der Waals surface area contributed by atoms with E-state index in [1.54, 1.807) is 0 Å². The third-order valence-electron chi connectivity index (χ3n) is 2.52. The molecule has 0 unspecified atom stereocenters. The quantitative estimate of drug-likeness (QED) is 0.852. The minimum Gasteiger partial charge on any atom is -0.326 e. The highest BCUT2D eigenvalue weighted by Crippen LogP contribution is 2.27. The van der Waals surface area contributed by atoms with Crippen LogP contribution < -0.4 is 5.73 Å². The molecule has 0 bridgehead atoms. The summed E-state index contributed by atoms with van der Waals surface area (Å²) in [5.41, 5.74) is 5.56. The van der Waals surface area contributed by atoms with Crippen LogP contribution in [0.3, 0.4) is 0 Å². The van der Waals surface area contributed by atoms with Gasteiger partial charge >= 0.3 is 0 Å². The van der Waals surface area contributed by atoms with Gasteiger partial charge in [0.1, 0.15) is 17.5 Å². The Hall–Kier alpha value is -1.81. The van der Waals surface area contributed by atoms with Gasteiger partial charge in [0, 0.05) is 12.1 Å². The lowest BCUT2D eigenvalue weighted by Gasteiger charge is -2.07. The van der Waals surface area contributed by atoms with Crippen LogP contribution in [0.5, 0.6) is 0 Å². The third kappa shape index (κ3) is 2.17. The molecule has 4 heteroatoms. The lowest BCUT2D eigenvalue weighted by atomic mass is 10.0. The SMILES string of the molecule is NCc1ccc(-c2c(F)cccc2F)cc1F. The molecule has 2 N–H and O–H groups in total. The van der Waals surface area contributed by atoms with E-state index in [2.05, 4.69) is 0 Å². The molecular formula is C13H10F3N. The van der Waals surface area contributed by atoms with Crippen molar-refractivity contribution in [3.63, 3.8) is 0 Å². The summed E-state index contributed by atoms with van der Waals surface area (Å²) >= 11 is 0. The minimum atomic E-state index is -0.718. The fourth-order valence-corrected chi connectivity index (χ4v) is 1.64. The Morgan fingerprint density at radius 3 is 2.06 bits per heavy atom. The van der Waals surface area contributed by atoms with E-state index in [-0.39, 0.29) is 17.7 Å². The van der Waals surface area contributed by atoms with Gasteiger partial charge in [0.25, 0.3) is 0 Å². The van der Waals surface area contributed by atoms with Gasteiger partial charge in [0.05, 0.1) is 5.56 Å². The Morgan fingerprint density at radius 1 is 0.882 bits per heavy atom. The van der Waals surface area contributed by atoms with E-state index in [0.717, 1.165) is 18.2 Å². The molecule has 0 aliphatic rings. The molecule has 0 saturated heterocycles. The average molecular weight is 237 g/mol. The Labute approximate surface area is 96.7 Å². The molecule has 17 heavy (non-hydrogen) atoms. The summed E-state index contributed by atoms with van der Waals surface area (Å²) in [6, 6.07) is 7.49. The van der Waals surface area contributed by atoms with Crippen LogP contribution in [0.25, 0.3) is 11.1 Å². The minimum absolute atomic E-state index is 0.0475. The number of hydrogen-bond acceptors (Lipinski definition) is 1. The molecule has 0 fully saturated rings. The van der Waals surface area contributed by atoms with E-state index < -0.39 is 17.5 Å². The second kappa shape index (κ2) is 4.59. The molecule has 0 aliphatic heterocycles. The van der Waals surface area contributed by atoms with Crippen molar-refractivity contribution in [3.05, 3.63) is 59.4 Å². The predicted molar refractivity (Wildman–Crippen MR) is 59.6 cm³/mol. The Kier molecular flexibility index (Phi) is 3.15. The molecule has 0 radical (unpaired) electrons. The van der Waals surface area contributed by atoms with Gasteiger partial charge in [-0.25, -0.2) is 13.2 Å². The van der Waals surface area contributed by atoms with Gasteiger partial charge in [0.2, 0.25) is 0 Å². The van der Waals surface area contributed by atoms with Crippen molar-refractivity contribution in [2.75, 3.05) is 0 Å². The van der Waals surface area contributed by atoms with Crippen molar-refractivity contribution in [1.29, 1.82) is 0 Å². The van der Waals surface area contributed by atoms with Crippen molar-refractivity contribution < 1.29 is 13.2 Å². The average Bonchev–Trinajstić information content (AvgIpc) is 2.29. The van der Waals surface area contributed by atoms with Crippen LogP contribution >= 0.6 is 0 Å². The first-order valence-corrected chi connectivity index (χ1v) is 5.06. The normalized spacial score (nSPS) is 10.6. The number of nitrogens with two attached hydrogens (primary N) is 1. The maximum absolute atomic E-state index is 13.5. The lowest BCUT2D eigenvalue weighted by molar-refractivity contribution is 0.588. The van der Waals surface area contributed by atoms with Gasteiger partial charge < -0.3 is 5.73 Å². The summed E-state index contributed by atoms with van der Waals surface area (Å²) in [7, 11) is 0. The summed E-state index contributed by atoms with van der Waals surface area (Å²) in [5, 5.41) is 0. The Balaban J connectivity index is 2.57. The zero-order valence-electron chi connectivity index (χ0n) is 8.88. The van der Waals surface area contributed by atoms with Crippen LogP contribution in [-0.4, -0.2) is 0 Å². The van der Waals surface area contributed by atoms with Gasteiger partial charge in [-0.3, -0.25) is 0 Å². The second-order valence-corrected chi connectivity index (χ2v) is 3.61. The van der Waals surface area contributed by atoms with E-state index in [9.17, 15) is 13.2 Å². The Morgan fingerprint density at radius 2 is 1.53 bits per heavy atom. The number of rotatable bonds is 2. The molecule has 0 aromatic heterocycles. The smallest absolute Gasteiger partial charge is 0.133 e. The molecule has 2 rings (SSSR count). The summed E-state index contributed by atoms with van der Waals surface area (Å²) < 4.78 is 40.4. The maximum Gasteiger partial charge on any atom is 0.133 e. The summed E-state index contributed by atoms with van der Waals surface area (Å²) in [5.74, 6) is -2.00. The first-order valence-electron chi connectivity index (χ1n) is 5.06. The van der Waals surface area contributed by atoms with E-state index in [0.29, 0.717) is 5.56 Å². The van der Waals surface area contributed by atoms with Crippen LogP contribution in [0.1, 0.15) is 5.56 Å². The van der Waals surface area contributed by atoms with Gasteiger partial charge in [-0.15, -0.1) is 0 Å². The van der Waals surface area contributed by atoms with Crippen LogP contribution in [0.15, 0.2) is 36.4 Å². The van der Waals surface area contributed by atoms with Crippen LogP contribution in [0.4, 0.5) is 13.2 Å². The number of halogens is 3. The molecule has 2 aromatic rings. The summed E-state index contributed by atoms with van der Waals surface area (Å²) in [4.78, 5) is 0. The fraction of sp³-hybridized carbons (Fsp3) is 0.0769. The molecule has 88 valence electrons. The zero-order chi connectivity index (χ0) is 12.4. The summed E-state index contributed by atoms with van der Waals surface area (Å²) in [6.45, 7) is 0.0475. The molecule has 0 aliphatic carbocycles. The highest BCUT2D eigenvalue weighted by atomic mass is 19.1. The van der Waals surface area contributed by atoms with Gasteiger partial charge in [-0.1, -0.05) is 18.2 Å². The first-order chi connectivity index (χ1) is 8.13. The monoisotopic (exact) mass is 237 g/mol. The maximum atomic E-state index is 13.5. The van der Waals surface area contributed by atoms with Crippen LogP contribution in [-0.2, 0) is 6.54 Å². The number of hydrogen-bond donors (Lipinski definition) is 1. The molecule has 0 spiro atoms. The topological polar surface area (TPSA) is 26.0 Å². The fourth-order valence-electron chi connectivity index (χ4n) is 1.64. The van der Waals surface area contributed by atoms with Gasteiger partial charge in [-0.2, -0.15) is 0 Å². The van der Waals surface area contributed by atoms with Crippen molar-refractivity contribution >= 4 is 0 Å². The molecule has 0 atom stereocenters. The second-order valence-electron chi connectivity index (χ2n) is 3.61. The predicted octanol–water partition coefficient (Wildman–Crippen LogP) is 3.23. The highest BCUT2D eigenvalue weighted by Gasteiger charge is 2.12. The van der Waals surface area contributed by atoms with Gasteiger partial charge in [-0.05, 0) is 23.8 Å². The highest BCUT2D eigenvalue weighted by molar-refractivity contribution is 5.65. The van der Waals surface area contributed by atoms with E-state index >= 15 is 0 Å². The third-order valence-corrected chi connectivity index (χ3v) is 2.52. The molecule has 0 heterocycles. The summed E-state index contributed by atoms with van der Waals surface area (Å²) in [6.07, 6.45) is 0. The number of benzene rings is 2. The first kappa shape index (κ1) is 11.7. The van der Waals surface area contributed by atoms with E-state index in [1.807, 2.05) is 0 Å². The van der Waals surface area contributed by atoms with Crippen molar-refractivity contribution in [1.82, 2.24) is 0 Å². The zero-order valence-corrected chi connectivity index (χ0v) is 8.88. The molecule has 1 nitrogen and oxygen atoms in total. The van der Waals surface area contributed by atoms with Crippen molar-refractivity contribution in [3.8, 4) is 11.1 Å². The molecule has 2 aromatic carbocycles. The van der Waals surface area contributed by atoms with E-state index in [1.165, 1.54) is 18.2 Å². The van der Waals surface area contributed by atoms with Crippen molar-refractivity contribution in [2.45, 2.75) is 6.54 Å². The largest absolute Gasteiger partial charge is 0.326 e. The molecular weight excluding hydrogens is 227 g/mol. The van der Waals surface area contributed by atoms with Crippen LogP contribution in [0.2, 0.25) is 0 Å². The van der Waals surface area contributed by atoms with Crippen LogP contribution in [0, 0.1) is 17.5 Å². The Bertz CT molecular complexity index is 532. The standard InChI is InChI=1S/C13H10F3N/c14-10-2-1-3-11(15)13(10)8-4-5-9(7-17)12(16)6-8/h1-6H,7,17H2. The molecule has 0 saturated carbocycles. The molecule has 0 amide bonds.